The first-order chi connectivity index (χ1) is 14.1. The lowest BCUT2D eigenvalue weighted by molar-refractivity contribution is -0.114. The van der Waals surface area contributed by atoms with Crippen LogP contribution < -0.4 is 20.1 Å². The first kappa shape index (κ1) is 19.8. The number of rotatable bonds is 6. The topological polar surface area (TPSA) is 89.6 Å². The van der Waals surface area contributed by atoms with Crippen LogP contribution in [0.3, 0.4) is 0 Å². The zero-order valence-electron chi connectivity index (χ0n) is 15.1. The van der Waals surface area contributed by atoms with Crippen molar-refractivity contribution in [1.82, 2.24) is 4.98 Å². The highest BCUT2D eigenvalue weighted by Crippen LogP contribution is 2.37. The van der Waals surface area contributed by atoms with E-state index in [9.17, 15) is 9.59 Å². The molecular formula is C19H16ClN3O4S2. The van der Waals surface area contributed by atoms with Crippen molar-refractivity contribution < 1.29 is 19.1 Å². The molecule has 0 saturated heterocycles. The zero-order chi connectivity index (χ0) is 20.2. The monoisotopic (exact) mass is 449 g/mol. The molecule has 10 heteroatoms. The van der Waals surface area contributed by atoms with Crippen molar-refractivity contribution in [2.75, 3.05) is 35.4 Å². The summed E-state index contributed by atoms with van der Waals surface area (Å²) >= 11 is 8.40. The van der Waals surface area contributed by atoms with E-state index < -0.39 is 0 Å². The largest absolute Gasteiger partial charge is 0.486 e. The van der Waals surface area contributed by atoms with E-state index in [0.29, 0.717) is 40.6 Å². The number of fused-ring (bicyclic) bond motifs is 2. The number of thiazole rings is 1. The first-order valence-corrected chi connectivity index (χ1v) is 11.0. The maximum absolute atomic E-state index is 12.2. The quantitative estimate of drug-likeness (QED) is 0.590. The SMILES string of the molecule is O=C(CSCC(=O)Nc1nc2cc3c(cc2s1)OCCO3)Nc1ccc(Cl)cc1. The minimum Gasteiger partial charge on any atom is -0.486 e. The number of hydrogen-bond donors (Lipinski definition) is 2. The van der Waals surface area contributed by atoms with E-state index in [0.717, 1.165) is 10.2 Å². The van der Waals surface area contributed by atoms with E-state index in [1.54, 1.807) is 24.3 Å². The van der Waals surface area contributed by atoms with Crippen LogP contribution in [-0.4, -0.2) is 41.5 Å². The number of aromatic nitrogens is 1. The Hall–Kier alpha value is -2.49. The predicted molar refractivity (Wildman–Crippen MR) is 117 cm³/mol. The second-order valence-corrected chi connectivity index (χ2v) is 8.53. The van der Waals surface area contributed by atoms with Crippen LogP contribution in [0, 0.1) is 0 Å². The van der Waals surface area contributed by atoms with Crippen molar-refractivity contribution in [3.05, 3.63) is 41.4 Å². The summed E-state index contributed by atoms with van der Waals surface area (Å²) in [5.74, 6) is 1.26. The van der Waals surface area contributed by atoms with E-state index in [4.69, 9.17) is 21.1 Å². The smallest absolute Gasteiger partial charge is 0.236 e. The summed E-state index contributed by atoms with van der Waals surface area (Å²) in [5, 5.41) is 6.62. The zero-order valence-corrected chi connectivity index (χ0v) is 17.5. The molecule has 7 nitrogen and oxygen atoms in total. The van der Waals surface area contributed by atoms with Gasteiger partial charge >= 0.3 is 0 Å². The van der Waals surface area contributed by atoms with Gasteiger partial charge in [0.2, 0.25) is 11.8 Å². The number of hydrogen-bond acceptors (Lipinski definition) is 7. The Balaban J connectivity index is 1.27. The molecule has 1 aromatic heterocycles. The number of anilines is 2. The summed E-state index contributed by atoms with van der Waals surface area (Å²) in [4.78, 5) is 28.5. The number of nitrogens with zero attached hydrogens (tertiary/aromatic N) is 1. The fraction of sp³-hybridized carbons (Fsp3) is 0.211. The van der Waals surface area contributed by atoms with E-state index in [2.05, 4.69) is 15.6 Å². The number of carbonyl (C=O) groups excluding carboxylic acids is 2. The molecule has 2 N–H and O–H groups in total. The lowest BCUT2D eigenvalue weighted by Crippen LogP contribution is -2.18. The van der Waals surface area contributed by atoms with Crippen LogP contribution in [0.15, 0.2) is 36.4 Å². The maximum atomic E-state index is 12.2. The molecule has 0 saturated carbocycles. The molecule has 2 amide bonds. The normalized spacial score (nSPS) is 12.6. The van der Waals surface area contributed by atoms with Crippen LogP contribution in [0.1, 0.15) is 0 Å². The fourth-order valence-corrected chi connectivity index (χ4v) is 4.28. The number of thioether (sulfide) groups is 1. The standard InChI is InChI=1S/C19H16ClN3O4S2/c20-11-1-3-12(4-2-11)21-17(24)9-28-10-18(25)23-19-22-13-7-14-15(8-16(13)29-19)27-6-5-26-14/h1-4,7-8H,5-6,9-10H2,(H,21,24)(H,22,23,25). The molecular weight excluding hydrogens is 434 g/mol. The van der Waals surface area contributed by atoms with E-state index >= 15 is 0 Å². The van der Waals surface area contributed by atoms with Crippen LogP contribution >= 0.6 is 34.7 Å². The maximum Gasteiger partial charge on any atom is 0.236 e. The third-order valence-electron chi connectivity index (χ3n) is 3.89. The Morgan fingerprint density at radius 2 is 1.69 bits per heavy atom. The molecule has 0 unspecified atom stereocenters. The summed E-state index contributed by atoms with van der Waals surface area (Å²) < 4.78 is 12.0. The molecule has 1 aliphatic heterocycles. The summed E-state index contributed by atoms with van der Waals surface area (Å²) in [6, 6.07) is 10.5. The molecule has 3 aromatic rings. The van der Waals surface area contributed by atoms with Crippen LogP contribution in [-0.2, 0) is 9.59 Å². The van der Waals surface area contributed by atoms with Gasteiger partial charge in [-0.15, -0.1) is 11.8 Å². The molecule has 1 aliphatic rings. The summed E-state index contributed by atoms with van der Waals surface area (Å²) in [6.07, 6.45) is 0. The lowest BCUT2D eigenvalue weighted by Gasteiger charge is -2.17. The Morgan fingerprint density at radius 3 is 2.41 bits per heavy atom. The second-order valence-electron chi connectivity index (χ2n) is 6.08. The van der Waals surface area contributed by atoms with Gasteiger partial charge in [-0.3, -0.25) is 9.59 Å². The van der Waals surface area contributed by atoms with Crippen molar-refractivity contribution in [3.8, 4) is 11.5 Å². The van der Waals surface area contributed by atoms with Crippen molar-refractivity contribution in [1.29, 1.82) is 0 Å². The Bertz CT molecular complexity index is 1010. The number of nitrogens with one attached hydrogen (secondary N) is 2. The fourth-order valence-electron chi connectivity index (χ4n) is 2.64. The molecule has 0 fully saturated rings. The van der Waals surface area contributed by atoms with Gasteiger partial charge in [0.15, 0.2) is 16.6 Å². The van der Waals surface area contributed by atoms with Crippen LogP contribution in [0.2, 0.25) is 5.02 Å². The molecule has 2 aromatic carbocycles. The molecule has 0 aliphatic carbocycles. The average Bonchev–Trinajstić information content (AvgIpc) is 3.08. The molecule has 0 spiro atoms. The number of amides is 2. The Labute approximate surface area is 179 Å². The van der Waals surface area contributed by atoms with Crippen molar-refractivity contribution in [3.63, 3.8) is 0 Å². The van der Waals surface area contributed by atoms with Crippen LogP contribution in [0.5, 0.6) is 11.5 Å². The minimum absolute atomic E-state index is 0.146. The van der Waals surface area contributed by atoms with Crippen molar-refractivity contribution in [2.24, 2.45) is 0 Å². The van der Waals surface area contributed by atoms with Gasteiger partial charge in [-0.2, -0.15) is 0 Å². The van der Waals surface area contributed by atoms with Gasteiger partial charge in [0, 0.05) is 22.8 Å². The predicted octanol–water partition coefficient (Wildman–Crippen LogP) is 4.03. The molecule has 4 rings (SSSR count). The molecule has 2 heterocycles. The van der Waals surface area contributed by atoms with E-state index in [1.807, 2.05) is 12.1 Å². The number of ether oxygens (including phenoxy) is 2. The summed E-state index contributed by atoms with van der Waals surface area (Å²) in [5.41, 5.74) is 1.40. The van der Waals surface area contributed by atoms with Gasteiger partial charge in [0.05, 0.1) is 21.7 Å². The van der Waals surface area contributed by atoms with Crippen molar-refractivity contribution >= 4 is 67.5 Å². The Morgan fingerprint density at radius 1 is 1.03 bits per heavy atom. The highest BCUT2D eigenvalue weighted by atomic mass is 35.5. The number of benzene rings is 2. The summed E-state index contributed by atoms with van der Waals surface area (Å²) in [6.45, 7) is 1.03. The number of halogens is 1. The van der Waals surface area contributed by atoms with Gasteiger partial charge in [0.1, 0.15) is 13.2 Å². The van der Waals surface area contributed by atoms with E-state index in [1.165, 1.54) is 23.1 Å². The van der Waals surface area contributed by atoms with Gasteiger partial charge < -0.3 is 20.1 Å². The molecule has 0 atom stereocenters. The highest BCUT2D eigenvalue weighted by molar-refractivity contribution is 8.00. The minimum atomic E-state index is -0.217. The van der Waals surface area contributed by atoms with Crippen LogP contribution in [0.4, 0.5) is 10.8 Å². The molecule has 29 heavy (non-hydrogen) atoms. The van der Waals surface area contributed by atoms with E-state index in [-0.39, 0.29) is 23.3 Å². The average molecular weight is 450 g/mol. The second kappa shape index (κ2) is 8.89. The lowest BCUT2D eigenvalue weighted by atomic mass is 10.3. The van der Waals surface area contributed by atoms with Crippen molar-refractivity contribution in [2.45, 2.75) is 0 Å². The number of carbonyl (C=O) groups is 2. The highest BCUT2D eigenvalue weighted by Gasteiger charge is 2.16. The Kier molecular flexibility index (Phi) is 6.08. The summed E-state index contributed by atoms with van der Waals surface area (Å²) in [7, 11) is 0. The van der Waals surface area contributed by atoms with Gasteiger partial charge in [0.25, 0.3) is 0 Å². The third kappa shape index (κ3) is 5.11. The molecule has 0 radical (unpaired) electrons. The molecule has 0 bridgehead atoms. The van der Waals surface area contributed by atoms with Gasteiger partial charge in [-0.1, -0.05) is 22.9 Å². The van der Waals surface area contributed by atoms with Gasteiger partial charge in [-0.25, -0.2) is 4.98 Å². The van der Waals surface area contributed by atoms with Gasteiger partial charge in [-0.05, 0) is 24.3 Å². The van der Waals surface area contributed by atoms with Crippen LogP contribution in [0.25, 0.3) is 10.2 Å². The third-order valence-corrected chi connectivity index (χ3v) is 6.01. The molecule has 150 valence electrons. The first-order valence-electron chi connectivity index (χ1n) is 8.70.